The lowest BCUT2D eigenvalue weighted by Crippen LogP contribution is -2.16. The fraction of sp³-hybridized carbons (Fsp3) is 0.812. The van der Waals surface area contributed by atoms with Crippen LogP contribution in [0.5, 0.6) is 0 Å². The lowest BCUT2D eigenvalue weighted by Gasteiger charge is -2.11. The summed E-state index contributed by atoms with van der Waals surface area (Å²) in [5, 5.41) is 32.4. The van der Waals surface area contributed by atoms with Crippen LogP contribution in [-0.4, -0.2) is 89.8 Å². The van der Waals surface area contributed by atoms with Gasteiger partial charge in [-0.3, -0.25) is 0 Å². The molecule has 246 valence electrons. The second-order valence-electron chi connectivity index (χ2n) is 9.39. The third-order valence-corrected chi connectivity index (χ3v) is 5.52. The topological polar surface area (TPSA) is 90.6 Å². The SMILES string of the molecule is CB(O)O.CC.CC.CC.CC.CCCC1C=CN(C)C1.CCCC1C=CN(C)C1.CN1C=CC(CCB(O)O)C1. The molecule has 3 unspecified atom stereocenters. The predicted octanol–water partition coefficient (Wildman–Crippen LogP) is 6.84. The second kappa shape index (κ2) is 38.6. The molecule has 0 amide bonds. The minimum absolute atomic E-state index is 0.475. The molecular weight excluding hydrogens is 512 g/mol. The molecule has 0 aromatic rings. The molecule has 3 aliphatic heterocycles. The van der Waals surface area contributed by atoms with Crippen LogP contribution in [0.25, 0.3) is 0 Å². The van der Waals surface area contributed by atoms with Gasteiger partial charge in [-0.15, -0.1) is 0 Å². The maximum Gasteiger partial charge on any atom is 0.451 e. The molecule has 41 heavy (non-hydrogen) atoms. The second-order valence-corrected chi connectivity index (χ2v) is 9.39. The highest BCUT2D eigenvalue weighted by atomic mass is 16.4. The molecule has 0 saturated heterocycles. The van der Waals surface area contributed by atoms with Crippen molar-refractivity contribution >= 4 is 14.2 Å². The van der Waals surface area contributed by atoms with Gasteiger partial charge < -0.3 is 34.8 Å². The van der Waals surface area contributed by atoms with Crippen molar-refractivity contribution in [3.63, 3.8) is 0 Å². The van der Waals surface area contributed by atoms with Gasteiger partial charge in [0.2, 0.25) is 0 Å². The summed E-state index contributed by atoms with van der Waals surface area (Å²) in [6.07, 6.45) is 19.8. The van der Waals surface area contributed by atoms with Gasteiger partial charge in [-0.2, -0.15) is 0 Å². The summed E-state index contributed by atoms with van der Waals surface area (Å²) < 4.78 is 0. The van der Waals surface area contributed by atoms with Crippen LogP contribution in [-0.2, 0) is 0 Å². The van der Waals surface area contributed by atoms with Crippen LogP contribution in [0.2, 0.25) is 13.1 Å². The molecular formula is C32H73B2N3O4. The molecule has 7 nitrogen and oxygen atoms in total. The first-order valence-corrected chi connectivity index (χ1v) is 16.4. The van der Waals surface area contributed by atoms with Crippen LogP contribution in [0.3, 0.4) is 0 Å². The van der Waals surface area contributed by atoms with E-state index in [1.54, 1.807) is 0 Å². The summed E-state index contributed by atoms with van der Waals surface area (Å²) in [5.74, 6) is 2.17. The van der Waals surface area contributed by atoms with E-state index in [0.29, 0.717) is 12.2 Å². The molecule has 3 aliphatic rings. The summed E-state index contributed by atoms with van der Waals surface area (Å²) in [5.41, 5.74) is 0. The lowest BCUT2D eigenvalue weighted by atomic mass is 9.81. The smallest absolute Gasteiger partial charge is 0.427 e. The van der Waals surface area contributed by atoms with Gasteiger partial charge in [0.1, 0.15) is 0 Å². The van der Waals surface area contributed by atoms with Crippen molar-refractivity contribution in [1.29, 1.82) is 0 Å². The first-order chi connectivity index (χ1) is 19.6. The van der Waals surface area contributed by atoms with Gasteiger partial charge in [0.25, 0.3) is 0 Å². The Morgan fingerprint density at radius 2 is 0.805 bits per heavy atom. The van der Waals surface area contributed by atoms with E-state index in [-0.39, 0.29) is 0 Å². The van der Waals surface area contributed by atoms with Crippen molar-refractivity contribution in [1.82, 2.24) is 14.7 Å². The van der Waals surface area contributed by atoms with Gasteiger partial charge in [0.05, 0.1) is 0 Å². The largest absolute Gasteiger partial charge is 0.451 e. The average Bonchev–Trinajstić information content (AvgIpc) is 3.70. The molecule has 9 heteroatoms. The highest BCUT2D eigenvalue weighted by Gasteiger charge is 2.16. The van der Waals surface area contributed by atoms with Crippen molar-refractivity contribution in [2.75, 3.05) is 40.8 Å². The van der Waals surface area contributed by atoms with E-state index in [2.05, 4.69) is 73.3 Å². The maximum atomic E-state index is 8.60. The monoisotopic (exact) mass is 586 g/mol. The summed E-state index contributed by atoms with van der Waals surface area (Å²) in [4.78, 5) is 6.61. The van der Waals surface area contributed by atoms with Crippen LogP contribution < -0.4 is 0 Å². The molecule has 0 radical (unpaired) electrons. The number of hydrogen-bond donors (Lipinski definition) is 4. The Labute approximate surface area is 258 Å². The maximum absolute atomic E-state index is 8.60. The fourth-order valence-corrected chi connectivity index (χ4v) is 3.95. The standard InChI is InChI=1S/2C8H15N.C7H14BNO2.4C2H6.CH5BO2/c2*1-3-4-8-5-6-9(2)7-8;1-9-5-3-7(6-9)2-4-8(10)11;4*1-2;1-2(3)4/h2*5-6,8H,3-4,7H2,1-2H3;3,5,7,10-11H,2,4,6H2,1H3;4*1-2H3;3-4H,1H3. The van der Waals surface area contributed by atoms with Crippen LogP contribution >= 0.6 is 0 Å². The Morgan fingerprint density at radius 3 is 0.976 bits per heavy atom. The van der Waals surface area contributed by atoms with Crippen molar-refractivity contribution in [3.8, 4) is 0 Å². The summed E-state index contributed by atoms with van der Waals surface area (Å²) in [6, 6.07) is 0. The van der Waals surface area contributed by atoms with E-state index in [4.69, 9.17) is 20.1 Å². The van der Waals surface area contributed by atoms with E-state index in [9.17, 15) is 0 Å². The molecule has 4 N–H and O–H groups in total. The van der Waals surface area contributed by atoms with Crippen LogP contribution in [0.4, 0.5) is 0 Å². The Bertz CT molecular complexity index is 534. The zero-order valence-electron chi connectivity index (χ0n) is 29.8. The Balaban J connectivity index is -0.000000134. The predicted molar refractivity (Wildman–Crippen MR) is 187 cm³/mol. The van der Waals surface area contributed by atoms with Gasteiger partial charge in [0, 0.05) is 40.8 Å². The van der Waals surface area contributed by atoms with Crippen molar-refractivity contribution < 1.29 is 20.1 Å². The molecule has 0 aliphatic carbocycles. The lowest BCUT2D eigenvalue weighted by molar-refractivity contribution is 0.386. The summed E-state index contributed by atoms with van der Waals surface area (Å²) in [6.45, 7) is 25.2. The van der Waals surface area contributed by atoms with Crippen LogP contribution in [0, 0.1) is 17.8 Å². The van der Waals surface area contributed by atoms with Crippen molar-refractivity contribution in [3.05, 3.63) is 36.8 Å². The van der Waals surface area contributed by atoms with Gasteiger partial charge in [0.15, 0.2) is 0 Å². The van der Waals surface area contributed by atoms with Crippen LogP contribution in [0.15, 0.2) is 36.8 Å². The molecule has 0 bridgehead atoms. The van der Waals surface area contributed by atoms with Gasteiger partial charge in [-0.25, -0.2) is 0 Å². The van der Waals surface area contributed by atoms with E-state index >= 15 is 0 Å². The van der Waals surface area contributed by atoms with Gasteiger partial charge in [-0.05, 0) is 68.8 Å². The van der Waals surface area contributed by atoms with Crippen molar-refractivity contribution in [2.24, 2.45) is 17.8 Å². The molecule has 3 heterocycles. The Kier molecular flexibility index (Phi) is 46.4. The molecule has 0 fully saturated rings. The summed E-state index contributed by atoms with van der Waals surface area (Å²) >= 11 is 0. The highest BCUT2D eigenvalue weighted by Crippen LogP contribution is 2.17. The van der Waals surface area contributed by atoms with Gasteiger partial charge >= 0.3 is 14.2 Å². The third kappa shape index (κ3) is 38.6. The number of nitrogens with zero attached hydrogens (tertiary/aromatic N) is 3. The number of hydrogen-bond acceptors (Lipinski definition) is 7. The zero-order chi connectivity index (χ0) is 33.2. The molecule has 3 atom stereocenters. The quantitative estimate of drug-likeness (QED) is 0.243. The van der Waals surface area contributed by atoms with E-state index in [0.717, 1.165) is 24.8 Å². The molecule has 0 aromatic carbocycles. The molecule has 3 rings (SSSR count). The zero-order valence-corrected chi connectivity index (χ0v) is 29.8. The van der Waals surface area contributed by atoms with E-state index in [1.807, 2.05) is 68.6 Å². The minimum atomic E-state index is -1.17. The van der Waals surface area contributed by atoms with Crippen molar-refractivity contribution in [2.45, 2.75) is 114 Å². The third-order valence-electron chi connectivity index (χ3n) is 5.52. The Morgan fingerprint density at radius 1 is 0.561 bits per heavy atom. The molecule has 0 aromatic heterocycles. The van der Waals surface area contributed by atoms with E-state index < -0.39 is 14.2 Å². The fourth-order valence-electron chi connectivity index (χ4n) is 3.95. The van der Waals surface area contributed by atoms with Crippen LogP contribution in [0.1, 0.15) is 101 Å². The first kappa shape index (κ1) is 49.3. The summed E-state index contributed by atoms with van der Waals surface area (Å²) in [7, 11) is 3.97. The van der Waals surface area contributed by atoms with E-state index in [1.165, 1.54) is 45.6 Å². The normalized spacial score (nSPS) is 18.6. The number of rotatable bonds is 7. The molecule has 0 saturated carbocycles. The van der Waals surface area contributed by atoms with Gasteiger partial charge in [-0.1, -0.05) is 100 Å². The first-order valence-electron chi connectivity index (χ1n) is 16.4. The average molecular weight is 586 g/mol. The molecule has 0 spiro atoms. The minimum Gasteiger partial charge on any atom is -0.427 e. The Hall–Kier alpha value is -1.41. The highest BCUT2D eigenvalue weighted by molar-refractivity contribution is 6.40.